The van der Waals surface area contributed by atoms with Gasteiger partial charge in [0.2, 0.25) is 0 Å². The molecular weight excluding hydrogens is 186 g/mol. The fourth-order valence-corrected chi connectivity index (χ4v) is 1.08. The van der Waals surface area contributed by atoms with Crippen molar-refractivity contribution in [1.82, 2.24) is 4.90 Å². The van der Waals surface area contributed by atoms with Gasteiger partial charge in [0.05, 0.1) is 0 Å². The van der Waals surface area contributed by atoms with Crippen molar-refractivity contribution >= 4 is 11.9 Å². The van der Waals surface area contributed by atoms with Crippen molar-refractivity contribution in [2.45, 2.75) is 25.9 Å². The quantitative estimate of drug-likeness (QED) is 0.609. The Morgan fingerprint density at radius 1 is 1.29 bits per heavy atom. The fourth-order valence-electron chi connectivity index (χ4n) is 1.08. The van der Waals surface area contributed by atoms with E-state index in [-0.39, 0.29) is 6.54 Å². The molecule has 0 fully saturated rings. The van der Waals surface area contributed by atoms with E-state index >= 15 is 0 Å². The van der Waals surface area contributed by atoms with E-state index in [1.54, 1.807) is 0 Å². The Morgan fingerprint density at radius 3 is 1.86 bits per heavy atom. The number of carboxylic acid groups (broad SMARTS) is 2. The lowest BCUT2D eigenvalue weighted by atomic mass is 10.2. The zero-order valence-corrected chi connectivity index (χ0v) is 8.30. The maximum atomic E-state index is 10.7. The number of rotatable bonds is 6. The standard InChI is InChI=1S/C9H15NO4/c1-4-5-10(6(2)8(11)12)7(3)9(13)14/h4,6-7H,1,5H2,2-3H3,(H,11,12)(H,13,14). The maximum Gasteiger partial charge on any atom is 0.320 e. The molecule has 0 spiro atoms. The van der Waals surface area contributed by atoms with Crippen LogP contribution in [0.3, 0.4) is 0 Å². The van der Waals surface area contributed by atoms with Crippen LogP contribution in [0.4, 0.5) is 0 Å². The number of nitrogens with zero attached hydrogens (tertiary/aromatic N) is 1. The first-order valence-electron chi connectivity index (χ1n) is 4.24. The Hall–Kier alpha value is -1.36. The second-order valence-corrected chi connectivity index (χ2v) is 3.01. The average Bonchev–Trinajstić information content (AvgIpc) is 2.11. The van der Waals surface area contributed by atoms with Crippen LogP contribution in [0.15, 0.2) is 12.7 Å². The lowest BCUT2D eigenvalue weighted by Gasteiger charge is -2.28. The minimum Gasteiger partial charge on any atom is -0.480 e. The summed E-state index contributed by atoms with van der Waals surface area (Å²) in [5.41, 5.74) is 0. The molecule has 0 heterocycles. The molecule has 5 nitrogen and oxygen atoms in total. The molecule has 80 valence electrons. The van der Waals surface area contributed by atoms with Gasteiger partial charge in [0.1, 0.15) is 12.1 Å². The molecule has 0 radical (unpaired) electrons. The van der Waals surface area contributed by atoms with Crippen LogP contribution in [-0.2, 0) is 9.59 Å². The first kappa shape index (κ1) is 12.6. The average molecular weight is 201 g/mol. The van der Waals surface area contributed by atoms with Gasteiger partial charge in [0.25, 0.3) is 0 Å². The van der Waals surface area contributed by atoms with E-state index in [2.05, 4.69) is 6.58 Å². The lowest BCUT2D eigenvalue weighted by Crippen LogP contribution is -2.47. The Balaban J connectivity index is 4.65. The van der Waals surface area contributed by atoms with Crippen LogP contribution < -0.4 is 0 Å². The molecule has 0 bridgehead atoms. The summed E-state index contributed by atoms with van der Waals surface area (Å²) in [6, 6.07) is -1.67. The predicted molar refractivity (Wildman–Crippen MR) is 51.1 cm³/mol. The van der Waals surface area contributed by atoms with Gasteiger partial charge in [-0.2, -0.15) is 0 Å². The summed E-state index contributed by atoms with van der Waals surface area (Å²) in [4.78, 5) is 22.7. The van der Waals surface area contributed by atoms with Crippen LogP contribution in [0, 0.1) is 0 Å². The molecule has 0 aliphatic heterocycles. The topological polar surface area (TPSA) is 77.8 Å². The number of carbonyl (C=O) groups is 2. The second kappa shape index (κ2) is 5.39. The van der Waals surface area contributed by atoms with Crippen molar-refractivity contribution in [2.24, 2.45) is 0 Å². The molecule has 0 aliphatic rings. The fraction of sp³-hybridized carbons (Fsp3) is 0.556. The van der Waals surface area contributed by atoms with Gasteiger partial charge in [-0.05, 0) is 13.8 Å². The molecule has 2 unspecified atom stereocenters. The van der Waals surface area contributed by atoms with E-state index in [1.807, 2.05) is 0 Å². The van der Waals surface area contributed by atoms with Crippen molar-refractivity contribution < 1.29 is 19.8 Å². The molecule has 0 aliphatic carbocycles. The van der Waals surface area contributed by atoms with Crippen LogP contribution in [-0.4, -0.2) is 45.7 Å². The highest BCUT2D eigenvalue weighted by molar-refractivity contribution is 5.76. The van der Waals surface area contributed by atoms with Gasteiger partial charge < -0.3 is 10.2 Å². The van der Waals surface area contributed by atoms with Crippen molar-refractivity contribution in [2.75, 3.05) is 6.54 Å². The van der Waals surface area contributed by atoms with Crippen LogP contribution in [0.1, 0.15) is 13.8 Å². The van der Waals surface area contributed by atoms with Crippen molar-refractivity contribution in [1.29, 1.82) is 0 Å². The molecule has 0 aromatic heterocycles. The summed E-state index contributed by atoms with van der Waals surface area (Å²) < 4.78 is 0. The predicted octanol–water partition coefficient (Wildman–Crippen LogP) is 0.421. The van der Waals surface area contributed by atoms with E-state index in [9.17, 15) is 9.59 Å². The summed E-state index contributed by atoms with van der Waals surface area (Å²) in [6.07, 6.45) is 1.48. The third-order valence-corrected chi connectivity index (χ3v) is 2.05. The Morgan fingerprint density at radius 2 is 1.64 bits per heavy atom. The maximum absolute atomic E-state index is 10.7. The first-order chi connectivity index (χ1) is 6.41. The SMILES string of the molecule is C=CCN(C(C)C(=O)O)C(C)C(=O)O. The molecule has 2 N–H and O–H groups in total. The van der Waals surface area contributed by atoms with Gasteiger partial charge in [-0.25, -0.2) is 0 Å². The van der Waals surface area contributed by atoms with Crippen molar-refractivity contribution in [3.8, 4) is 0 Å². The van der Waals surface area contributed by atoms with E-state index in [4.69, 9.17) is 10.2 Å². The summed E-state index contributed by atoms with van der Waals surface area (Å²) in [7, 11) is 0. The number of carboxylic acids is 2. The van der Waals surface area contributed by atoms with E-state index in [0.29, 0.717) is 0 Å². The normalized spacial score (nSPS) is 14.8. The van der Waals surface area contributed by atoms with Crippen LogP contribution in [0.25, 0.3) is 0 Å². The highest BCUT2D eigenvalue weighted by Gasteiger charge is 2.28. The Bertz CT molecular complexity index is 219. The van der Waals surface area contributed by atoms with Gasteiger partial charge >= 0.3 is 11.9 Å². The summed E-state index contributed by atoms with van der Waals surface area (Å²) >= 11 is 0. The number of hydrogen-bond acceptors (Lipinski definition) is 3. The van der Waals surface area contributed by atoms with Gasteiger partial charge in [-0.15, -0.1) is 6.58 Å². The van der Waals surface area contributed by atoms with Gasteiger partial charge in [-0.1, -0.05) is 6.08 Å². The third kappa shape index (κ3) is 3.18. The smallest absolute Gasteiger partial charge is 0.320 e. The lowest BCUT2D eigenvalue weighted by molar-refractivity contribution is -0.148. The molecule has 0 rings (SSSR count). The van der Waals surface area contributed by atoms with Gasteiger partial charge in [-0.3, -0.25) is 14.5 Å². The number of hydrogen-bond donors (Lipinski definition) is 2. The van der Waals surface area contributed by atoms with Crippen molar-refractivity contribution in [3.63, 3.8) is 0 Å². The molecule has 5 heteroatoms. The summed E-state index contributed by atoms with van der Waals surface area (Å²) in [5, 5.41) is 17.5. The van der Waals surface area contributed by atoms with Crippen molar-refractivity contribution in [3.05, 3.63) is 12.7 Å². The second-order valence-electron chi connectivity index (χ2n) is 3.01. The monoisotopic (exact) mass is 201 g/mol. The minimum atomic E-state index is -1.04. The first-order valence-corrected chi connectivity index (χ1v) is 4.24. The molecule has 0 amide bonds. The van der Waals surface area contributed by atoms with Gasteiger partial charge in [0.15, 0.2) is 0 Å². The highest BCUT2D eigenvalue weighted by atomic mass is 16.4. The molecule has 0 saturated carbocycles. The zero-order valence-electron chi connectivity index (χ0n) is 8.30. The van der Waals surface area contributed by atoms with E-state index in [1.165, 1.54) is 24.8 Å². The van der Waals surface area contributed by atoms with Crippen LogP contribution in [0.5, 0.6) is 0 Å². The highest BCUT2D eigenvalue weighted by Crippen LogP contribution is 2.06. The largest absolute Gasteiger partial charge is 0.480 e. The van der Waals surface area contributed by atoms with Gasteiger partial charge in [0, 0.05) is 6.54 Å². The van der Waals surface area contributed by atoms with Crippen LogP contribution >= 0.6 is 0 Å². The summed E-state index contributed by atoms with van der Waals surface area (Å²) in [6.45, 7) is 6.59. The number of aliphatic carboxylic acids is 2. The molecule has 14 heavy (non-hydrogen) atoms. The van der Waals surface area contributed by atoms with E-state index < -0.39 is 24.0 Å². The molecule has 0 aromatic carbocycles. The zero-order chi connectivity index (χ0) is 11.3. The van der Waals surface area contributed by atoms with Crippen LogP contribution in [0.2, 0.25) is 0 Å². The molecule has 0 aromatic rings. The van der Waals surface area contributed by atoms with E-state index in [0.717, 1.165) is 0 Å². The molecular formula is C9H15NO4. The third-order valence-electron chi connectivity index (χ3n) is 2.05. The Labute approximate surface area is 82.6 Å². The minimum absolute atomic E-state index is 0.237. The summed E-state index contributed by atoms with van der Waals surface area (Å²) in [5.74, 6) is -2.08. The molecule has 2 atom stereocenters. The Kier molecular flexibility index (Phi) is 4.86. The molecule has 0 saturated heterocycles.